The molecule has 0 radical (unpaired) electrons. The van der Waals surface area contributed by atoms with Gasteiger partial charge in [-0.05, 0) is 35.9 Å². The molecule has 0 aliphatic carbocycles. The van der Waals surface area contributed by atoms with Crippen molar-refractivity contribution in [2.24, 2.45) is 0 Å². The Bertz CT molecular complexity index is 827. The van der Waals surface area contributed by atoms with Gasteiger partial charge in [-0.25, -0.2) is 0 Å². The minimum absolute atomic E-state index is 0.264. The third-order valence-electron chi connectivity index (χ3n) is 3.20. The van der Waals surface area contributed by atoms with E-state index in [1.807, 2.05) is 0 Å². The van der Waals surface area contributed by atoms with Crippen LogP contribution in [0.3, 0.4) is 0 Å². The van der Waals surface area contributed by atoms with Crippen LogP contribution in [0.5, 0.6) is 5.75 Å². The van der Waals surface area contributed by atoms with Gasteiger partial charge >= 0.3 is 12.1 Å². The Balaban J connectivity index is 1.83. The zero-order valence-electron chi connectivity index (χ0n) is 13.6. The fourth-order valence-corrected chi connectivity index (χ4v) is 2.38. The first kappa shape index (κ1) is 20.9. The molecule has 0 heterocycles. The monoisotopic (exact) mass is 420 g/mol. The largest absolute Gasteiger partial charge is 0.482 e. The highest BCUT2D eigenvalue weighted by Gasteiger charge is 2.38. The van der Waals surface area contributed by atoms with Crippen molar-refractivity contribution in [2.75, 3.05) is 11.9 Å². The lowest BCUT2D eigenvalue weighted by atomic mass is 10.2. The van der Waals surface area contributed by atoms with Crippen molar-refractivity contribution in [1.29, 1.82) is 0 Å². The van der Waals surface area contributed by atoms with E-state index in [1.54, 1.807) is 11.4 Å². The molecule has 0 saturated heterocycles. The van der Waals surface area contributed by atoms with Gasteiger partial charge in [0.1, 0.15) is 5.75 Å². The average Bonchev–Trinajstić information content (AvgIpc) is 2.59. The molecule has 2 amide bonds. The molecule has 0 saturated carbocycles. The van der Waals surface area contributed by atoms with Crippen LogP contribution < -0.4 is 15.4 Å². The molecule has 5 nitrogen and oxygen atoms in total. The highest BCUT2D eigenvalue weighted by Crippen LogP contribution is 2.27. The SMILES string of the molecule is O=C(COc1ccc(Cl)cc1Cl)Nc1ccc(CNC(=O)C(F)(F)F)cc1. The summed E-state index contributed by atoms with van der Waals surface area (Å²) in [6.45, 7) is -0.588. The molecular formula is C17H13Cl2F3N2O3. The summed E-state index contributed by atoms with van der Waals surface area (Å²) in [5, 5.41) is 5.01. The minimum atomic E-state index is -4.93. The molecule has 0 spiro atoms. The van der Waals surface area contributed by atoms with E-state index >= 15 is 0 Å². The second-order valence-electron chi connectivity index (χ2n) is 5.29. The summed E-state index contributed by atoms with van der Waals surface area (Å²) >= 11 is 11.7. The number of ether oxygens (including phenoxy) is 1. The van der Waals surface area contributed by atoms with Crippen LogP contribution in [0.4, 0.5) is 18.9 Å². The summed E-state index contributed by atoms with van der Waals surface area (Å²) < 4.78 is 41.6. The molecule has 0 aliphatic rings. The first-order valence-electron chi connectivity index (χ1n) is 7.47. The van der Waals surface area contributed by atoms with Crippen LogP contribution in [0, 0.1) is 0 Å². The number of carbonyl (C=O) groups is 2. The van der Waals surface area contributed by atoms with Crippen LogP contribution in [0.15, 0.2) is 42.5 Å². The second-order valence-corrected chi connectivity index (χ2v) is 6.13. The van der Waals surface area contributed by atoms with Crippen molar-refractivity contribution in [3.05, 3.63) is 58.1 Å². The lowest BCUT2D eigenvalue weighted by Gasteiger charge is -2.10. The maximum Gasteiger partial charge on any atom is 0.471 e. The molecule has 0 bridgehead atoms. The van der Waals surface area contributed by atoms with E-state index in [-0.39, 0.29) is 18.2 Å². The molecule has 0 atom stereocenters. The van der Waals surface area contributed by atoms with Gasteiger partial charge in [0.2, 0.25) is 0 Å². The molecule has 0 unspecified atom stereocenters. The first-order chi connectivity index (χ1) is 12.6. The molecule has 144 valence electrons. The van der Waals surface area contributed by atoms with Crippen molar-refractivity contribution in [3.8, 4) is 5.75 Å². The smallest absolute Gasteiger partial charge is 0.471 e. The Morgan fingerprint density at radius 3 is 2.30 bits per heavy atom. The van der Waals surface area contributed by atoms with Crippen molar-refractivity contribution < 1.29 is 27.5 Å². The summed E-state index contributed by atoms with van der Waals surface area (Å²) in [6.07, 6.45) is -4.93. The zero-order chi connectivity index (χ0) is 20.0. The van der Waals surface area contributed by atoms with Crippen molar-refractivity contribution >= 4 is 40.7 Å². The van der Waals surface area contributed by atoms with Gasteiger partial charge in [0.15, 0.2) is 6.61 Å². The molecule has 0 aliphatic heterocycles. The van der Waals surface area contributed by atoms with Gasteiger partial charge < -0.3 is 15.4 Å². The Hall–Kier alpha value is -2.45. The van der Waals surface area contributed by atoms with Crippen LogP contribution in [-0.2, 0) is 16.1 Å². The number of rotatable bonds is 6. The molecule has 10 heteroatoms. The van der Waals surface area contributed by atoms with Crippen LogP contribution in [0.25, 0.3) is 0 Å². The van der Waals surface area contributed by atoms with Gasteiger partial charge in [-0.15, -0.1) is 0 Å². The first-order valence-corrected chi connectivity index (χ1v) is 8.22. The van der Waals surface area contributed by atoms with E-state index < -0.39 is 18.0 Å². The molecule has 0 aromatic heterocycles. The lowest BCUT2D eigenvalue weighted by molar-refractivity contribution is -0.173. The number of hydrogen-bond donors (Lipinski definition) is 2. The van der Waals surface area contributed by atoms with Crippen molar-refractivity contribution in [3.63, 3.8) is 0 Å². The third kappa shape index (κ3) is 6.65. The lowest BCUT2D eigenvalue weighted by Crippen LogP contribution is -2.36. The van der Waals surface area contributed by atoms with E-state index in [2.05, 4.69) is 5.32 Å². The molecule has 27 heavy (non-hydrogen) atoms. The predicted molar refractivity (Wildman–Crippen MR) is 94.9 cm³/mol. The summed E-state index contributed by atoms with van der Waals surface area (Å²) in [7, 11) is 0. The van der Waals surface area contributed by atoms with Gasteiger partial charge in [0, 0.05) is 17.3 Å². The molecule has 2 aromatic carbocycles. The number of amides is 2. The van der Waals surface area contributed by atoms with E-state index in [9.17, 15) is 22.8 Å². The van der Waals surface area contributed by atoms with Gasteiger partial charge in [0.25, 0.3) is 5.91 Å². The Morgan fingerprint density at radius 1 is 1.04 bits per heavy atom. The third-order valence-corrected chi connectivity index (χ3v) is 3.73. The highest BCUT2D eigenvalue weighted by molar-refractivity contribution is 6.35. The predicted octanol–water partition coefficient (Wildman–Crippen LogP) is 4.19. The van der Waals surface area contributed by atoms with Crippen molar-refractivity contribution in [2.45, 2.75) is 12.7 Å². The van der Waals surface area contributed by atoms with E-state index in [0.29, 0.717) is 22.0 Å². The molecule has 0 fully saturated rings. The van der Waals surface area contributed by atoms with Crippen LogP contribution >= 0.6 is 23.2 Å². The second kappa shape index (κ2) is 8.96. The number of hydrogen-bond acceptors (Lipinski definition) is 3. The maximum atomic E-state index is 12.1. The summed E-state index contributed by atoms with van der Waals surface area (Å²) in [5.74, 6) is -2.18. The molecule has 2 rings (SSSR count). The van der Waals surface area contributed by atoms with E-state index in [1.165, 1.54) is 36.4 Å². The number of benzene rings is 2. The van der Waals surface area contributed by atoms with Crippen molar-refractivity contribution in [1.82, 2.24) is 5.32 Å². The summed E-state index contributed by atoms with van der Waals surface area (Å²) in [4.78, 5) is 22.6. The average molecular weight is 421 g/mol. The maximum absolute atomic E-state index is 12.1. The standard InChI is InChI=1S/C17H13Cl2F3N2O3/c18-11-3-6-14(13(19)7-11)27-9-15(25)24-12-4-1-10(2-5-12)8-23-16(26)17(20,21)22/h1-7H,8-9H2,(H,23,26)(H,24,25). The highest BCUT2D eigenvalue weighted by atomic mass is 35.5. The van der Waals surface area contributed by atoms with Gasteiger partial charge in [-0.2, -0.15) is 13.2 Å². The number of alkyl halides is 3. The fourth-order valence-electron chi connectivity index (χ4n) is 1.92. The Morgan fingerprint density at radius 2 is 1.70 bits per heavy atom. The number of halogens is 5. The molecule has 2 N–H and O–H groups in total. The number of nitrogens with one attached hydrogen (secondary N) is 2. The molecular weight excluding hydrogens is 408 g/mol. The fraction of sp³-hybridized carbons (Fsp3) is 0.176. The quantitative estimate of drug-likeness (QED) is 0.735. The Kier molecular flexibility index (Phi) is 6.92. The topological polar surface area (TPSA) is 67.4 Å². The normalized spacial score (nSPS) is 11.0. The number of carbonyl (C=O) groups excluding carboxylic acids is 2. The summed E-state index contributed by atoms with van der Waals surface area (Å²) in [5.41, 5.74) is 0.853. The van der Waals surface area contributed by atoms with Crippen LogP contribution in [0.2, 0.25) is 10.0 Å². The van der Waals surface area contributed by atoms with Crippen LogP contribution in [0.1, 0.15) is 5.56 Å². The van der Waals surface area contributed by atoms with Gasteiger partial charge in [-0.1, -0.05) is 35.3 Å². The summed E-state index contributed by atoms with van der Waals surface area (Å²) in [6, 6.07) is 10.5. The minimum Gasteiger partial charge on any atom is -0.482 e. The van der Waals surface area contributed by atoms with Crippen LogP contribution in [-0.4, -0.2) is 24.6 Å². The van der Waals surface area contributed by atoms with E-state index in [4.69, 9.17) is 27.9 Å². The Labute approximate surface area is 162 Å². The van der Waals surface area contributed by atoms with Gasteiger partial charge in [0.05, 0.1) is 5.02 Å². The van der Waals surface area contributed by atoms with Gasteiger partial charge in [-0.3, -0.25) is 9.59 Å². The number of anilines is 1. The zero-order valence-corrected chi connectivity index (χ0v) is 15.1. The molecule has 2 aromatic rings. The van der Waals surface area contributed by atoms with E-state index in [0.717, 1.165) is 0 Å².